The van der Waals surface area contributed by atoms with E-state index in [4.69, 9.17) is 4.74 Å². The van der Waals surface area contributed by atoms with Crippen LogP contribution < -0.4 is 10.6 Å². The number of rotatable bonds is 6. The Bertz CT molecular complexity index is 512. The topological polar surface area (TPSA) is 53.6 Å². The fourth-order valence-corrected chi connectivity index (χ4v) is 4.39. The lowest BCUT2D eigenvalue weighted by Crippen LogP contribution is -2.42. The molecule has 1 aromatic rings. The molecule has 24 heavy (non-hydrogen) atoms. The van der Waals surface area contributed by atoms with Crippen molar-refractivity contribution >= 4 is 23.5 Å². The van der Waals surface area contributed by atoms with E-state index in [1.54, 1.807) is 0 Å². The highest BCUT2D eigenvalue weighted by atomic mass is 32.2. The molecule has 1 aliphatic carbocycles. The van der Waals surface area contributed by atoms with Crippen LogP contribution in [-0.2, 0) is 4.74 Å². The molecule has 0 bridgehead atoms. The smallest absolute Gasteiger partial charge is 0.319 e. The summed E-state index contributed by atoms with van der Waals surface area (Å²) in [4.78, 5) is 15.5. The Balaban J connectivity index is 1.36. The van der Waals surface area contributed by atoms with Crippen molar-refractivity contribution in [3.05, 3.63) is 24.3 Å². The van der Waals surface area contributed by atoms with Crippen LogP contribution in [0.15, 0.2) is 29.2 Å². The summed E-state index contributed by atoms with van der Waals surface area (Å²) in [5, 5.41) is 6.58. The fraction of sp³-hybridized carbons (Fsp3) is 0.611. The maximum absolute atomic E-state index is 11.9. The van der Waals surface area contributed by atoms with Crippen molar-refractivity contribution < 1.29 is 9.53 Å². The first-order valence-electron chi connectivity index (χ1n) is 8.91. The second-order valence-electron chi connectivity index (χ2n) is 6.38. The lowest BCUT2D eigenvalue weighted by molar-refractivity contribution is 0.0388. The van der Waals surface area contributed by atoms with Gasteiger partial charge in [-0.25, -0.2) is 4.79 Å². The van der Waals surface area contributed by atoms with Crippen molar-refractivity contribution in [3.8, 4) is 0 Å². The summed E-state index contributed by atoms with van der Waals surface area (Å²) in [5.41, 5.74) is 0.842. The zero-order chi connectivity index (χ0) is 16.6. The minimum absolute atomic E-state index is 0.139. The monoisotopic (exact) mass is 349 g/mol. The van der Waals surface area contributed by atoms with Gasteiger partial charge in [0.05, 0.1) is 13.2 Å². The minimum atomic E-state index is -0.139. The predicted octanol–water partition coefficient (Wildman–Crippen LogP) is 3.18. The van der Waals surface area contributed by atoms with Crippen molar-refractivity contribution in [2.75, 3.05) is 44.7 Å². The van der Waals surface area contributed by atoms with Gasteiger partial charge in [0.2, 0.25) is 0 Å². The third kappa shape index (κ3) is 5.69. The molecule has 1 saturated heterocycles. The summed E-state index contributed by atoms with van der Waals surface area (Å²) in [6, 6.07) is 8.04. The summed E-state index contributed by atoms with van der Waals surface area (Å²) < 4.78 is 5.31. The van der Waals surface area contributed by atoms with Gasteiger partial charge in [0, 0.05) is 42.0 Å². The van der Waals surface area contributed by atoms with Gasteiger partial charge in [-0.15, -0.1) is 11.8 Å². The van der Waals surface area contributed by atoms with Crippen molar-refractivity contribution in [1.82, 2.24) is 10.2 Å². The van der Waals surface area contributed by atoms with E-state index >= 15 is 0 Å². The van der Waals surface area contributed by atoms with Gasteiger partial charge in [-0.1, -0.05) is 12.8 Å². The SMILES string of the molecule is O=C(NCCN1CCOCC1)Nc1ccc(SC2CCCC2)cc1. The Morgan fingerprint density at radius 3 is 2.58 bits per heavy atom. The van der Waals surface area contributed by atoms with E-state index in [-0.39, 0.29) is 6.03 Å². The molecule has 2 N–H and O–H groups in total. The van der Waals surface area contributed by atoms with Crippen LogP contribution in [0.25, 0.3) is 0 Å². The zero-order valence-corrected chi connectivity index (χ0v) is 14.9. The van der Waals surface area contributed by atoms with Gasteiger partial charge >= 0.3 is 6.03 Å². The number of anilines is 1. The second kappa shape index (κ2) is 9.30. The average molecular weight is 350 g/mol. The second-order valence-corrected chi connectivity index (χ2v) is 7.76. The number of hydrogen-bond acceptors (Lipinski definition) is 4. The highest BCUT2D eigenvalue weighted by Crippen LogP contribution is 2.34. The summed E-state index contributed by atoms with van der Waals surface area (Å²) in [7, 11) is 0. The first kappa shape index (κ1) is 17.6. The molecule has 132 valence electrons. The normalized spacial score (nSPS) is 19.3. The minimum Gasteiger partial charge on any atom is -0.379 e. The molecule has 0 unspecified atom stereocenters. The van der Waals surface area contributed by atoms with E-state index in [1.807, 2.05) is 23.9 Å². The highest BCUT2D eigenvalue weighted by molar-refractivity contribution is 8.00. The number of carbonyl (C=O) groups is 1. The quantitative estimate of drug-likeness (QED) is 0.828. The number of ether oxygens (including phenoxy) is 1. The number of amides is 2. The van der Waals surface area contributed by atoms with Crippen LogP contribution in [-0.4, -0.2) is 55.6 Å². The Morgan fingerprint density at radius 2 is 1.88 bits per heavy atom. The van der Waals surface area contributed by atoms with Crippen molar-refractivity contribution in [3.63, 3.8) is 0 Å². The molecule has 0 atom stereocenters. The van der Waals surface area contributed by atoms with Crippen LogP contribution in [0.2, 0.25) is 0 Å². The van der Waals surface area contributed by atoms with Crippen LogP contribution in [0, 0.1) is 0 Å². The van der Waals surface area contributed by atoms with Crippen LogP contribution in [0.4, 0.5) is 10.5 Å². The molecule has 1 aliphatic heterocycles. The predicted molar refractivity (Wildman–Crippen MR) is 98.8 cm³/mol. The number of nitrogens with zero attached hydrogens (tertiary/aromatic N) is 1. The van der Waals surface area contributed by atoms with Gasteiger partial charge in [-0.05, 0) is 37.1 Å². The van der Waals surface area contributed by atoms with Gasteiger partial charge in [-0.3, -0.25) is 4.90 Å². The van der Waals surface area contributed by atoms with Crippen LogP contribution in [0.1, 0.15) is 25.7 Å². The van der Waals surface area contributed by atoms with Crippen molar-refractivity contribution in [2.24, 2.45) is 0 Å². The standard InChI is InChI=1S/C18H27N3O2S/c22-18(19-9-10-21-11-13-23-14-12-21)20-15-5-7-17(8-6-15)24-16-3-1-2-4-16/h5-8,16H,1-4,9-14H2,(H2,19,20,22). The number of morpholine rings is 1. The Morgan fingerprint density at radius 1 is 1.17 bits per heavy atom. The maximum atomic E-state index is 11.9. The Labute approximate surface area is 148 Å². The fourth-order valence-electron chi connectivity index (χ4n) is 3.14. The first-order chi connectivity index (χ1) is 11.8. The third-order valence-electron chi connectivity index (χ3n) is 4.53. The number of benzene rings is 1. The van der Waals surface area contributed by atoms with Gasteiger partial charge in [-0.2, -0.15) is 0 Å². The molecule has 1 heterocycles. The molecule has 6 heteroatoms. The molecule has 1 saturated carbocycles. The largest absolute Gasteiger partial charge is 0.379 e. The average Bonchev–Trinajstić information content (AvgIpc) is 3.11. The van der Waals surface area contributed by atoms with Gasteiger partial charge in [0.25, 0.3) is 0 Å². The zero-order valence-electron chi connectivity index (χ0n) is 14.1. The summed E-state index contributed by atoms with van der Waals surface area (Å²) in [6.07, 6.45) is 5.39. The van der Waals surface area contributed by atoms with E-state index in [0.717, 1.165) is 43.8 Å². The van der Waals surface area contributed by atoms with E-state index in [0.29, 0.717) is 6.54 Å². The maximum Gasteiger partial charge on any atom is 0.319 e. The van der Waals surface area contributed by atoms with E-state index < -0.39 is 0 Å². The van der Waals surface area contributed by atoms with E-state index in [2.05, 4.69) is 27.7 Å². The van der Waals surface area contributed by atoms with E-state index in [9.17, 15) is 4.79 Å². The molecule has 3 rings (SSSR count). The molecule has 0 aromatic heterocycles. The number of hydrogen-bond donors (Lipinski definition) is 2. The molecule has 2 aliphatic rings. The number of carbonyl (C=O) groups excluding carboxylic acids is 1. The molecule has 0 spiro atoms. The lowest BCUT2D eigenvalue weighted by atomic mass is 10.3. The Hall–Kier alpha value is -1.24. The Kier molecular flexibility index (Phi) is 6.81. The lowest BCUT2D eigenvalue weighted by Gasteiger charge is -2.26. The summed E-state index contributed by atoms with van der Waals surface area (Å²) >= 11 is 1.96. The molecule has 2 amide bonds. The molecule has 5 nitrogen and oxygen atoms in total. The molecule has 2 fully saturated rings. The van der Waals surface area contributed by atoms with Crippen molar-refractivity contribution in [2.45, 2.75) is 35.8 Å². The van der Waals surface area contributed by atoms with Crippen molar-refractivity contribution in [1.29, 1.82) is 0 Å². The third-order valence-corrected chi connectivity index (χ3v) is 5.88. The van der Waals surface area contributed by atoms with Crippen LogP contribution in [0.3, 0.4) is 0 Å². The summed E-state index contributed by atoms with van der Waals surface area (Å²) in [5.74, 6) is 0. The van der Waals surface area contributed by atoms with Gasteiger partial charge < -0.3 is 15.4 Å². The molecule has 0 radical (unpaired) electrons. The van der Waals surface area contributed by atoms with Crippen LogP contribution >= 0.6 is 11.8 Å². The number of urea groups is 1. The number of nitrogens with one attached hydrogen (secondary N) is 2. The van der Waals surface area contributed by atoms with Gasteiger partial charge in [0.1, 0.15) is 0 Å². The van der Waals surface area contributed by atoms with Crippen LogP contribution in [0.5, 0.6) is 0 Å². The molecule has 1 aromatic carbocycles. The highest BCUT2D eigenvalue weighted by Gasteiger charge is 2.16. The summed E-state index contributed by atoms with van der Waals surface area (Å²) in [6.45, 7) is 5.00. The molecular formula is C18H27N3O2S. The number of thioether (sulfide) groups is 1. The van der Waals surface area contributed by atoms with Gasteiger partial charge in [0.15, 0.2) is 0 Å². The first-order valence-corrected chi connectivity index (χ1v) is 9.79. The molecular weight excluding hydrogens is 322 g/mol. The van der Waals surface area contributed by atoms with E-state index in [1.165, 1.54) is 30.6 Å².